The highest BCUT2D eigenvalue weighted by Gasteiger charge is 2.29. The number of carbonyl (C=O) groups is 1. The number of nitrogens with zero attached hydrogens (tertiary/aromatic N) is 2. The number of hydrogen-bond donors (Lipinski definition) is 3. The van der Waals surface area contributed by atoms with E-state index in [0.29, 0.717) is 6.54 Å². The van der Waals surface area contributed by atoms with E-state index < -0.39 is 0 Å². The van der Waals surface area contributed by atoms with Gasteiger partial charge in [0.05, 0.1) is 12.3 Å². The standard InChI is InChI=1S/C10H12BrN5O/c11-9-8(6-14-16-10(9)17)15-13-5-7-1-3-12-4-2-7/h1-5,8-9,14-15H,6H2,(H,16,17)/b13-5-. The van der Waals surface area contributed by atoms with E-state index >= 15 is 0 Å². The lowest BCUT2D eigenvalue weighted by molar-refractivity contribution is -0.123. The lowest BCUT2D eigenvalue weighted by atomic mass is 10.2. The molecule has 1 aromatic heterocycles. The summed E-state index contributed by atoms with van der Waals surface area (Å²) in [6.45, 7) is 0.606. The van der Waals surface area contributed by atoms with Crippen molar-refractivity contribution in [2.45, 2.75) is 10.9 Å². The van der Waals surface area contributed by atoms with Gasteiger partial charge in [-0.2, -0.15) is 5.10 Å². The number of hydrogen-bond acceptors (Lipinski definition) is 5. The van der Waals surface area contributed by atoms with E-state index in [0.717, 1.165) is 5.56 Å². The van der Waals surface area contributed by atoms with Crippen molar-refractivity contribution >= 4 is 28.1 Å². The molecule has 0 aromatic carbocycles. The van der Waals surface area contributed by atoms with Gasteiger partial charge in [-0.1, -0.05) is 15.9 Å². The number of hydrazine groups is 1. The van der Waals surface area contributed by atoms with Crippen molar-refractivity contribution in [2.24, 2.45) is 5.10 Å². The third kappa shape index (κ3) is 3.24. The first-order valence-corrected chi connectivity index (χ1v) is 6.04. The number of rotatable bonds is 3. The van der Waals surface area contributed by atoms with E-state index in [1.54, 1.807) is 18.6 Å². The van der Waals surface area contributed by atoms with E-state index in [1.165, 1.54) is 0 Å². The molecule has 2 rings (SSSR count). The molecule has 0 saturated carbocycles. The molecular formula is C10H12BrN5O. The molecule has 0 radical (unpaired) electrons. The minimum Gasteiger partial charge on any atom is -0.304 e. The molecule has 3 N–H and O–H groups in total. The van der Waals surface area contributed by atoms with Gasteiger partial charge in [-0.25, -0.2) is 5.43 Å². The Morgan fingerprint density at radius 3 is 3.06 bits per heavy atom. The number of hydrazone groups is 1. The van der Waals surface area contributed by atoms with Crippen molar-refractivity contribution < 1.29 is 4.79 Å². The SMILES string of the molecule is O=C1NNCC(N/N=C\c2ccncc2)C1Br. The van der Waals surface area contributed by atoms with Crippen molar-refractivity contribution in [3.05, 3.63) is 30.1 Å². The fourth-order valence-electron chi connectivity index (χ4n) is 1.37. The number of halogens is 1. The first-order chi connectivity index (χ1) is 8.27. The molecule has 1 aromatic rings. The fourth-order valence-corrected chi connectivity index (χ4v) is 1.79. The van der Waals surface area contributed by atoms with Crippen molar-refractivity contribution in [3.63, 3.8) is 0 Å². The summed E-state index contributed by atoms with van der Waals surface area (Å²) in [6, 6.07) is 3.62. The highest BCUT2D eigenvalue weighted by Crippen LogP contribution is 2.08. The summed E-state index contributed by atoms with van der Waals surface area (Å²) in [4.78, 5) is 14.9. The Balaban J connectivity index is 1.89. The van der Waals surface area contributed by atoms with E-state index in [4.69, 9.17) is 0 Å². The van der Waals surface area contributed by atoms with E-state index in [1.807, 2.05) is 12.1 Å². The molecule has 0 bridgehead atoms. The summed E-state index contributed by atoms with van der Waals surface area (Å²) in [5, 5.41) is 4.10. The lowest BCUT2D eigenvalue weighted by Crippen LogP contribution is -2.59. The molecule has 2 atom stereocenters. The molecule has 1 aliphatic heterocycles. The molecule has 1 saturated heterocycles. The van der Waals surface area contributed by atoms with Gasteiger partial charge < -0.3 is 5.43 Å². The van der Waals surface area contributed by atoms with E-state index in [9.17, 15) is 4.79 Å². The predicted molar refractivity (Wildman–Crippen MR) is 67.6 cm³/mol. The van der Waals surface area contributed by atoms with Crippen LogP contribution in [0.2, 0.25) is 0 Å². The molecule has 2 heterocycles. The Bertz CT molecular complexity index is 410. The van der Waals surface area contributed by atoms with Gasteiger partial charge in [-0.15, -0.1) is 0 Å². The van der Waals surface area contributed by atoms with Crippen LogP contribution >= 0.6 is 15.9 Å². The van der Waals surface area contributed by atoms with Gasteiger partial charge in [0.15, 0.2) is 0 Å². The summed E-state index contributed by atoms with van der Waals surface area (Å²) in [6.07, 6.45) is 5.09. The van der Waals surface area contributed by atoms with Crippen LogP contribution in [-0.2, 0) is 4.79 Å². The van der Waals surface area contributed by atoms with E-state index in [2.05, 4.69) is 42.3 Å². The van der Waals surface area contributed by atoms with Crippen molar-refractivity contribution in [3.8, 4) is 0 Å². The molecule has 1 amide bonds. The summed E-state index contributed by atoms with van der Waals surface area (Å²) in [7, 11) is 0. The lowest BCUT2D eigenvalue weighted by Gasteiger charge is -2.27. The molecule has 1 fully saturated rings. The van der Waals surface area contributed by atoms with Crippen molar-refractivity contribution in [1.82, 2.24) is 21.3 Å². The maximum Gasteiger partial charge on any atom is 0.250 e. The first-order valence-electron chi connectivity index (χ1n) is 5.13. The van der Waals surface area contributed by atoms with Gasteiger partial charge in [0.1, 0.15) is 4.83 Å². The summed E-state index contributed by atoms with van der Waals surface area (Å²) >= 11 is 3.31. The summed E-state index contributed by atoms with van der Waals surface area (Å²) in [5.74, 6) is -0.104. The van der Waals surface area contributed by atoms with Gasteiger partial charge >= 0.3 is 0 Å². The van der Waals surface area contributed by atoms with Gasteiger partial charge in [-0.3, -0.25) is 15.2 Å². The molecule has 2 unspecified atom stereocenters. The zero-order valence-corrected chi connectivity index (χ0v) is 10.5. The molecular weight excluding hydrogens is 286 g/mol. The number of aromatic nitrogens is 1. The Labute approximate surface area is 107 Å². The number of nitrogens with one attached hydrogen (secondary N) is 3. The highest BCUT2D eigenvalue weighted by atomic mass is 79.9. The summed E-state index contributed by atoms with van der Waals surface area (Å²) < 4.78 is 0. The number of amides is 1. The van der Waals surface area contributed by atoms with E-state index in [-0.39, 0.29) is 16.8 Å². The molecule has 6 nitrogen and oxygen atoms in total. The minimum absolute atomic E-state index is 0.0816. The monoisotopic (exact) mass is 297 g/mol. The highest BCUT2D eigenvalue weighted by molar-refractivity contribution is 9.10. The Morgan fingerprint density at radius 1 is 1.53 bits per heavy atom. The second-order valence-corrected chi connectivity index (χ2v) is 4.53. The topological polar surface area (TPSA) is 78.4 Å². The molecule has 7 heteroatoms. The maximum atomic E-state index is 11.3. The molecule has 90 valence electrons. The van der Waals surface area contributed by atoms with Crippen molar-refractivity contribution in [2.75, 3.05) is 6.54 Å². The van der Waals surface area contributed by atoms with Gasteiger partial charge in [0, 0.05) is 18.9 Å². The smallest absolute Gasteiger partial charge is 0.250 e. The molecule has 17 heavy (non-hydrogen) atoms. The number of alkyl halides is 1. The average molecular weight is 298 g/mol. The van der Waals surface area contributed by atoms with Crippen LogP contribution in [0.25, 0.3) is 0 Å². The van der Waals surface area contributed by atoms with Crippen LogP contribution < -0.4 is 16.3 Å². The summed E-state index contributed by atoms with van der Waals surface area (Å²) in [5.41, 5.74) is 9.20. The van der Waals surface area contributed by atoms with Crippen LogP contribution in [0.5, 0.6) is 0 Å². The molecule has 0 spiro atoms. The normalized spacial score (nSPS) is 24.6. The minimum atomic E-state index is -0.293. The Hall–Kier alpha value is -1.47. The van der Waals surface area contributed by atoms with Crippen LogP contribution in [0.4, 0.5) is 0 Å². The van der Waals surface area contributed by atoms with Gasteiger partial charge in [0.2, 0.25) is 5.91 Å². The Kier molecular flexibility index (Phi) is 4.05. The fraction of sp³-hybridized carbons (Fsp3) is 0.300. The van der Waals surface area contributed by atoms with Crippen LogP contribution in [0, 0.1) is 0 Å². The van der Waals surface area contributed by atoms with Crippen LogP contribution in [0.3, 0.4) is 0 Å². The number of pyridine rings is 1. The average Bonchev–Trinajstić information content (AvgIpc) is 2.36. The zero-order valence-electron chi connectivity index (χ0n) is 8.93. The second-order valence-electron chi connectivity index (χ2n) is 3.55. The largest absolute Gasteiger partial charge is 0.304 e. The van der Waals surface area contributed by atoms with Crippen LogP contribution in [0.15, 0.2) is 29.6 Å². The number of carbonyl (C=O) groups excluding carboxylic acids is 1. The third-order valence-corrected chi connectivity index (χ3v) is 3.35. The van der Waals surface area contributed by atoms with Gasteiger partial charge in [0.25, 0.3) is 0 Å². The van der Waals surface area contributed by atoms with Crippen molar-refractivity contribution in [1.29, 1.82) is 0 Å². The van der Waals surface area contributed by atoms with Crippen LogP contribution in [-0.4, -0.2) is 34.5 Å². The van der Waals surface area contributed by atoms with Gasteiger partial charge in [-0.05, 0) is 17.7 Å². The third-order valence-electron chi connectivity index (χ3n) is 2.30. The first kappa shape index (κ1) is 12.0. The molecule has 1 aliphatic rings. The van der Waals surface area contributed by atoms with Crippen LogP contribution in [0.1, 0.15) is 5.56 Å². The Morgan fingerprint density at radius 2 is 2.29 bits per heavy atom. The molecule has 0 aliphatic carbocycles. The second kappa shape index (κ2) is 5.74. The maximum absolute atomic E-state index is 11.3. The quantitative estimate of drug-likeness (QED) is 0.409. The zero-order chi connectivity index (χ0) is 12.1. The predicted octanol–water partition coefficient (Wildman–Crippen LogP) is -0.228.